The maximum absolute atomic E-state index is 10.5. The molecule has 0 rings (SSSR count). The Balaban J connectivity index is 3.26. The molecule has 0 bridgehead atoms. The van der Waals surface area contributed by atoms with Crippen molar-refractivity contribution in [3.8, 4) is 0 Å². The van der Waals surface area contributed by atoms with E-state index in [9.17, 15) is 9.59 Å². The predicted octanol–water partition coefficient (Wildman–Crippen LogP) is 0.736. The van der Waals surface area contributed by atoms with Crippen molar-refractivity contribution in [3.63, 3.8) is 0 Å². The molecule has 0 radical (unpaired) electrons. The lowest BCUT2D eigenvalue weighted by Crippen LogP contribution is -2.11. The van der Waals surface area contributed by atoms with Crippen molar-refractivity contribution in [2.45, 2.75) is 26.2 Å². The molecule has 70 valence electrons. The first-order valence-corrected chi connectivity index (χ1v) is 3.71. The van der Waals surface area contributed by atoms with Crippen LogP contribution < -0.4 is 0 Å². The Morgan fingerprint density at radius 3 is 2.58 bits per heavy atom. The lowest BCUT2D eigenvalue weighted by atomic mass is 10.4. The van der Waals surface area contributed by atoms with Crippen LogP contribution >= 0.6 is 0 Å². The minimum Gasteiger partial charge on any atom is -0.481 e. The van der Waals surface area contributed by atoms with E-state index >= 15 is 0 Å². The Morgan fingerprint density at radius 1 is 1.42 bits per heavy atom. The molecule has 0 aliphatic heterocycles. The van der Waals surface area contributed by atoms with Crippen molar-refractivity contribution in [1.29, 1.82) is 0 Å². The first-order valence-electron chi connectivity index (χ1n) is 3.71. The van der Waals surface area contributed by atoms with E-state index in [-0.39, 0.29) is 0 Å². The number of hydrogen-bond donors (Lipinski definition) is 1. The lowest BCUT2D eigenvalue weighted by molar-refractivity contribution is -0.272. The van der Waals surface area contributed by atoms with Crippen LogP contribution in [0.4, 0.5) is 0 Å². The monoisotopic (exact) mass is 176 g/mol. The number of carboxylic acids is 1. The number of rotatable bonds is 6. The van der Waals surface area contributed by atoms with Crippen LogP contribution in [0.5, 0.6) is 0 Å². The molecule has 0 aliphatic rings. The second kappa shape index (κ2) is 6.60. The second-order valence-electron chi connectivity index (χ2n) is 2.20. The number of hydrogen-bond acceptors (Lipinski definition) is 4. The van der Waals surface area contributed by atoms with Crippen LogP contribution in [0.1, 0.15) is 26.2 Å². The molecule has 0 amide bonds. The molecule has 0 aromatic heterocycles. The number of carboxylic acid groups (broad SMARTS) is 1. The Morgan fingerprint density at radius 2 is 2.08 bits per heavy atom. The van der Waals surface area contributed by atoms with Crippen LogP contribution in [-0.4, -0.2) is 23.7 Å². The average Bonchev–Trinajstić information content (AvgIpc) is 1.97. The van der Waals surface area contributed by atoms with Gasteiger partial charge < -0.3 is 5.11 Å². The van der Waals surface area contributed by atoms with Crippen molar-refractivity contribution in [3.05, 3.63) is 0 Å². The third-order valence-corrected chi connectivity index (χ3v) is 1.03. The highest BCUT2D eigenvalue weighted by Gasteiger charge is 2.09. The minimum absolute atomic E-state index is 0.307. The highest BCUT2D eigenvalue weighted by Crippen LogP contribution is 1.91. The van der Waals surface area contributed by atoms with Gasteiger partial charge in [-0.15, -0.1) is 0 Å². The van der Waals surface area contributed by atoms with E-state index < -0.39 is 18.4 Å². The quantitative estimate of drug-likeness (QED) is 0.279. The molecule has 0 spiro atoms. The molecule has 0 aromatic rings. The van der Waals surface area contributed by atoms with E-state index in [1.165, 1.54) is 0 Å². The Kier molecular flexibility index (Phi) is 6.00. The van der Waals surface area contributed by atoms with E-state index in [1.54, 1.807) is 0 Å². The summed E-state index contributed by atoms with van der Waals surface area (Å²) in [6.07, 6.45) is 1.04. The maximum atomic E-state index is 10.5. The predicted molar refractivity (Wildman–Crippen MR) is 39.2 cm³/mol. The van der Waals surface area contributed by atoms with Gasteiger partial charge in [0.05, 0.1) is 6.61 Å². The van der Waals surface area contributed by atoms with Crippen molar-refractivity contribution in [2.75, 3.05) is 6.61 Å². The molecular weight excluding hydrogens is 164 g/mol. The van der Waals surface area contributed by atoms with Gasteiger partial charge in [0.1, 0.15) is 6.42 Å². The van der Waals surface area contributed by atoms with Crippen LogP contribution in [0, 0.1) is 0 Å². The smallest absolute Gasteiger partial charge is 0.353 e. The van der Waals surface area contributed by atoms with Crippen LogP contribution in [0.3, 0.4) is 0 Å². The van der Waals surface area contributed by atoms with Crippen molar-refractivity contribution in [2.24, 2.45) is 0 Å². The summed E-state index contributed by atoms with van der Waals surface area (Å²) in [4.78, 5) is 29.0. The van der Waals surface area contributed by atoms with Gasteiger partial charge in [-0.25, -0.2) is 4.79 Å². The number of aliphatic carboxylic acids is 1. The Hall–Kier alpha value is -1.10. The molecule has 0 unspecified atom stereocenters. The van der Waals surface area contributed by atoms with Crippen LogP contribution in [0.2, 0.25) is 0 Å². The number of carbonyl (C=O) groups excluding carboxylic acids is 1. The summed E-state index contributed by atoms with van der Waals surface area (Å²) in [5.74, 6) is -2.10. The van der Waals surface area contributed by atoms with E-state index in [4.69, 9.17) is 5.11 Å². The molecule has 5 heteroatoms. The molecule has 1 N–H and O–H groups in total. The van der Waals surface area contributed by atoms with Gasteiger partial charge in [0, 0.05) is 0 Å². The molecule has 5 nitrogen and oxygen atoms in total. The van der Waals surface area contributed by atoms with E-state index in [1.807, 2.05) is 6.92 Å². The summed E-state index contributed by atoms with van der Waals surface area (Å²) in [5.41, 5.74) is 0. The van der Waals surface area contributed by atoms with Gasteiger partial charge in [-0.1, -0.05) is 13.3 Å². The maximum Gasteiger partial charge on any atom is 0.353 e. The van der Waals surface area contributed by atoms with Gasteiger partial charge in [-0.05, 0) is 6.42 Å². The summed E-state index contributed by atoms with van der Waals surface area (Å²) in [7, 11) is 0. The minimum atomic E-state index is -1.22. The molecule has 0 heterocycles. The van der Waals surface area contributed by atoms with E-state index in [2.05, 4.69) is 9.78 Å². The fourth-order valence-electron chi connectivity index (χ4n) is 0.464. The molecule has 0 saturated carbocycles. The molecule has 0 saturated heterocycles. The molecule has 0 aromatic carbocycles. The van der Waals surface area contributed by atoms with Gasteiger partial charge >= 0.3 is 11.9 Å². The van der Waals surface area contributed by atoms with E-state index in [0.717, 1.165) is 12.8 Å². The van der Waals surface area contributed by atoms with Gasteiger partial charge in [0.2, 0.25) is 0 Å². The van der Waals surface area contributed by atoms with Crippen LogP contribution in [0.25, 0.3) is 0 Å². The summed E-state index contributed by atoms with van der Waals surface area (Å²) < 4.78 is 0. The van der Waals surface area contributed by atoms with Gasteiger partial charge in [0.25, 0.3) is 0 Å². The zero-order valence-corrected chi connectivity index (χ0v) is 6.91. The number of unbranched alkanes of at least 4 members (excludes halogenated alkanes) is 1. The molecule has 12 heavy (non-hydrogen) atoms. The normalized spacial score (nSPS) is 9.42. The SMILES string of the molecule is CCCCOOC(=O)CC(=O)O. The zero-order valence-electron chi connectivity index (χ0n) is 6.91. The van der Waals surface area contributed by atoms with Crippen molar-refractivity contribution < 1.29 is 24.5 Å². The van der Waals surface area contributed by atoms with Crippen molar-refractivity contribution in [1.82, 2.24) is 0 Å². The van der Waals surface area contributed by atoms with Gasteiger partial charge in [-0.2, -0.15) is 4.89 Å². The molecule has 0 aliphatic carbocycles. The van der Waals surface area contributed by atoms with Crippen LogP contribution in [-0.2, 0) is 19.4 Å². The molecule has 0 atom stereocenters. The summed E-state index contributed by atoms with van der Waals surface area (Å²) >= 11 is 0. The fraction of sp³-hybridized carbons (Fsp3) is 0.714. The van der Waals surface area contributed by atoms with Crippen LogP contribution in [0.15, 0.2) is 0 Å². The second-order valence-corrected chi connectivity index (χ2v) is 2.20. The van der Waals surface area contributed by atoms with E-state index in [0.29, 0.717) is 6.61 Å². The van der Waals surface area contributed by atoms with Gasteiger partial charge in [-0.3, -0.25) is 9.68 Å². The Bertz CT molecular complexity index is 154. The summed E-state index contributed by atoms with van der Waals surface area (Å²) in [6.45, 7) is 2.27. The first kappa shape index (κ1) is 10.9. The molecular formula is C7H12O5. The topological polar surface area (TPSA) is 72.8 Å². The lowest BCUT2D eigenvalue weighted by Gasteiger charge is -1.99. The van der Waals surface area contributed by atoms with Crippen molar-refractivity contribution >= 4 is 11.9 Å². The zero-order chi connectivity index (χ0) is 9.40. The first-order chi connectivity index (χ1) is 5.66. The largest absolute Gasteiger partial charge is 0.481 e. The highest BCUT2D eigenvalue weighted by atomic mass is 17.2. The Labute approximate surface area is 70.2 Å². The third kappa shape index (κ3) is 7.01. The average molecular weight is 176 g/mol. The molecule has 0 fully saturated rings. The fourth-order valence-corrected chi connectivity index (χ4v) is 0.464. The summed E-state index contributed by atoms with van der Waals surface area (Å²) in [6, 6.07) is 0. The number of carbonyl (C=O) groups is 2. The summed E-state index contributed by atoms with van der Waals surface area (Å²) in [5, 5.41) is 8.13. The standard InChI is InChI=1S/C7H12O5/c1-2-3-4-11-12-7(10)5-6(8)9/h2-5H2,1H3,(H,8,9). The third-order valence-electron chi connectivity index (χ3n) is 1.03. The van der Waals surface area contributed by atoms with Gasteiger partial charge in [0.15, 0.2) is 0 Å². The highest BCUT2D eigenvalue weighted by molar-refractivity contribution is 5.89.